The Hall–Kier alpha value is -1.88. The van der Waals surface area contributed by atoms with Gasteiger partial charge in [-0.15, -0.1) is 0 Å². The maximum absolute atomic E-state index is 11.9. The van der Waals surface area contributed by atoms with E-state index in [1.807, 2.05) is 13.8 Å². The Morgan fingerprint density at radius 1 is 1.37 bits per heavy atom. The summed E-state index contributed by atoms with van der Waals surface area (Å²) < 4.78 is 0. The number of imidazole rings is 1. The summed E-state index contributed by atoms with van der Waals surface area (Å²) in [4.78, 5) is 25.0. The summed E-state index contributed by atoms with van der Waals surface area (Å²) in [5.74, 6) is 0. The molecule has 1 aliphatic heterocycles. The van der Waals surface area contributed by atoms with E-state index < -0.39 is 0 Å². The Morgan fingerprint density at radius 3 is 3.05 bits per heavy atom. The zero-order valence-corrected chi connectivity index (χ0v) is 11.3. The second kappa shape index (κ2) is 4.66. The molecule has 0 saturated carbocycles. The van der Waals surface area contributed by atoms with Crippen LogP contribution < -0.4 is 5.43 Å². The molecule has 3 rings (SSSR count). The van der Waals surface area contributed by atoms with Gasteiger partial charge in [-0.1, -0.05) is 0 Å². The minimum absolute atomic E-state index is 0.146. The van der Waals surface area contributed by atoms with E-state index in [0.717, 1.165) is 42.9 Å². The van der Waals surface area contributed by atoms with Gasteiger partial charge in [0.25, 0.3) is 0 Å². The number of hydrogen-bond acceptors (Lipinski definition) is 3. The fourth-order valence-corrected chi connectivity index (χ4v) is 2.59. The van der Waals surface area contributed by atoms with Gasteiger partial charge in [-0.05, 0) is 13.8 Å². The van der Waals surface area contributed by atoms with E-state index in [-0.39, 0.29) is 5.43 Å². The number of hydrogen-bond donors (Lipinski definition) is 2. The second-order valence-corrected chi connectivity index (χ2v) is 5.19. The van der Waals surface area contributed by atoms with Crippen LogP contribution in [0.15, 0.2) is 17.3 Å². The molecule has 0 aliphatic carbocycles. The highest BCUT2D eigenvalue weighted by Crippen LogP contribution is 2.17. The Balaban J connectivity index is 1.80. The van der Waals surface area contributed by atoms with Crippen molar-refractivity contribution in [2.45, 2.75) is 33.4 Å². The topological polar surface area (TPSA) is 64.8 Å². The van der Waals surface area contributed by atoms with Crippen LogP contribution in [0.4, 0.5) is 0 Å². The molecule has 0 atom stereocenters. The number of pyridine rings is 1. The summed E-state index contributed by atoms with van der Waals surface area (Å²) in [6.45, 7) is 6.36. The van der Waals surface area contributed by atoms with Crippen molar-refractivity contribution in [3.8, 4) is 0 Å². The van der Waals surface area contributed by atoms with E-state index in [4.69, 9.17) is 0 Å². The lowest BCUT2D eigenvalue weighted by molar-refractivity contribution is 0.238. The first-order valence-corrected chi connectivity index (χ1v) is 6.56. The summed E-state index contributed by atoms with van der Waals surface area (Å²) in [6, 6.07) is 0. The first-order chi connectivity index (χ1) is 9.15. The van der Waals surface area contributed by atoms with Crippen LogP contribution >= 0.6 is 0 Å². The molecule has 0 bridgehead atoms. The molecule has 19 heavy (non-hydrogen) atoms. The van der Waals surface area contributed by atoms with Crippen LogP contribution in [0, 0.1) is 13.8 Å². The summed E-state index contributed by atoms with van der Waals surface area (Å²) in [6.07, 6.45) is 4.53. The van der Waals surface area contributed by atoms with Crippen molar-refractivity contribution in [2.75, 3.05) is 6.54 Å². The van der Waals surface area contributed by atoms with Crippen LogP contribution in [0.25, 0.3) is 0 Å². The van der Waals surface area contributed by atoms with Gasteiger partial charge in [0.1, 0.15) is 0 Å². The molecular formula is C14H18N4O. The lowest BCUT2D eigenvalue weighted by Crippen LogP contribution is -2.31. The van der Waals surface area contributed by atoms with Gasteiger partial charge in [-0.2, -0.15) is 0 Å². The molecule has 0 fully saturated rings. The number of fused-ring (bicyclic) bond motifs is 1. The molecule has 0 aromatic carbocycles. The van der Waals surface area contributed by atoms with E-state index in [9.17, 15) is 4.79 Å². The molecular weight excluding hydrogens is 240 g/mol. The molecule has 2 aromatic rings. The minimum Gasteiger partial charge on any atom is -0.363 e. The molecule has 2 N–H and O–H groups in total. The third kappa shape index (κ3) is 2.21. The number of nitrogens with zero attached hydrogens (tertiary/aromatic N) is 2. The number of nitrogens with one attached hydrogen (secondary N) is 2. The lowest BCUT2D eigenvalue weighted by Gasteiger charge is -2.26. The highest BCUT2D eigenvalue weighted by Gasteiger charge is 2.19. The summed E-state index contributed by atoms with van der Waals surface area (Å²) in [5.41, 5.74) is 5.13. The number of aromatic nitrogens is 3. The van der Waals surface area contributed by atoms with Gasteiger partial charge < -0.3 is 9.97 Å². The Morgan fingerprint density at radius 2 is 2.21 bits per heavy atom. The fourth-order valence-electron chi connectivity index (χ4n) is 2.59. The SMILES string of the molecule is Cc1c[nH]c(CN2CCc3nc[nH]c3C2)c(C)c1=O. The lowest BCUT2D eigenvalue weighted by atomic mass is 10.1. The number of rotatable bonds is 2. The van der Waals surface area contributed by atoms with Crippen molar-refractivity contribution < 1.29 is 0 Å². The Bertz CT molecular complexity index is 656. The van der Waals surface area contributed by atoms with Crippen LogP contribution in [0.1, 0.15) is 28.2 Å². The molecule has 5 heteroatoms. The second-order valence-electron chi connectivity index (χ2n) is 5.19. The maximum Gasteiger partial charge on any atom is 0.187 e. The van der Waals surface area contributed by atoms with Crippen LogP contribution in [0.3, 0.4) is 0 Å². The molecule has 0 spiro atoms. The van der Waals surface area contributed by atoms with Gasteiger partial charge in [0.2, 0.25) is 0 Å². The van der Waals surface area contributed by atoms with Gasteiger partial charge in [0.15, 0.2) is 5.43 Å². The van der Waals surface area contributed by atoms with Crippen molar-refractivity contribution in [1.29, 1.82) is 0 Å². The third-order valence-corrected chi connectivity index (χ3v) is 3.85. The standard InChI is InChI=1S/C14H18N4O/c1-9-5-15-12(10(2)14(9)19)6-18-4-3-11-13(7-18)17-8-16-11/h5,8H,3-4,6-7H2,1-2H3,(H,15,19)(H,16,17). The fraction of sp³-hybridized carbons (Fsp3) is 0.429. The van der Waals surface area contributed by atoms with Crippen molar-refractivity contribution in [3.63, 3.8) is 0 Å². The number of aryl methyl sites for hydroxylation is 1. The van der Waals surface area contributed by atoms with Gasteiger partial charge in [0.05, 0.1) is 17.7 Å². The average Bonchev–Trinajstić information content (AvgIpc) is 2.87. The average molecular weight is 258 g/mol. The monoisotopic (exact) mass is 258 g/mol. The number of H-pyrrole nitrogens is 2. The molecule has 0 radical (unpaired) electrons. The Labute approximate surface area is 111 Å². The molecule has 0 amide bonds. The van der Waals surface area contributed by atoms with Gasteiger partial charge in [-0.25, -0.2) is 4.98 Å². The van der Waals surface area contributed by atoms with Crippen molar-refractivity contribution in [2.24, 2.45) is 0 Å². The van der Waals surface area contributed by atoms with Crippen LogP contribution in [0.2, 0.25) is 0 Å². The molecule has 5 nitrogen and oxygen atoms in total. The smallest absolute Gasteiger partial charge is 0.187 e. The van der Waals surface area contributed by atoms with Crippen LogP contribution in [-0.2, 0) is 19.5 Å². The predicted octanol–water partition coefficient (Wildman–Crippen LogP) is 1.27. The van der Waals surface area contributed by atoms with Crippen molar-refractivity contribution >= 4 is 0 Å². The van der Waals surface area contributed by atoms with E-state index in [1.54, 1.807) is 12.5 Å². The number of aromatic amines is 2. The Kier molecular flexibility index (Phi) is 2.98. The zero-order valence-electron chi connectivity index (χ0n) is 11.3. The van der Waals surface area contributed by atoms with Gasteiger partial charge in [-0.3, -0.25) is 9.69 Å². The highest BCUT2D eigenvalue weighted by molar-refractivity contribution is 5.24. The minimum atomic E-state index is 0.146. The van der Waals surface area contributed by atoms with E-state index in [2.05, 4.69) is 19.9 Å². The highest BCUT2D eigenvalue weighted by atomic mass is 16.1. The summed E-state index contributed by atoms with van der Waals surface area (Å²) >= 11 is 0. The van der Waals surface area contributed by atoms with Gasteiger partial charge >= 0.3 is 0 Å². The van der Waals surface area contributed by atoms with Crippen LogP contribution in [0.5, 0.6) is 0 Å². The molecule has 0 unspecified atom stereocenters. The molecule has 1 aliphatic rings. The predicted molar refractivity (Wildman–Crippen MR) is 72.9 cm³/mol. The quantitative estimate of drug-likeness (QED) is 0.852. The van der Waals surface area contributed by atoms with Crippen molar-refractivity contribution in [3.05, 3.63) is 51.0 Å². The molecule has 100 valence electrons. The first-order valence-electron chi connectivity index (χ1n) is 6.56. The van der Waals surface area contributed by atoms with E-state index >= 15 is 0 Å². The van der Waals surface area contributed by atoms with E-state index in [0.29, 0.717) is 0 Å². The third-order valence-electron chi connectivity index (χ3n) is 3.85. The molecule has 2 aromatic heterocycles. The first kappa shape index (κ1) is 12.2. The zero-order chi connectivity index (χ0) is 13.4. The largest absolute Gasteiger partial charge is 0.363 e. The molecule has 3 heterocycles. The molecule has 0 saturated heterocycles. The van der Waals surface area contributed by atoms with Gasteiger partial charge in [0, 0.05) is 49.1 Å². The maximum atomic E-state index is 11.9. The van der Waals surface area contributed by atoms with E-state index in [1.165, 1.54) is 11.4 Å². The summed E-state index contributed by atoms with van der Waals surface area (Å²) in [5, 5.41) is 0. The summed E-state index contributed by atoms with van der Waals surface area (Å²) in [7, 11) is 0. The normalized spacial score (nSPS) is 15.5. The van der Waals surface area contributed by atoms with Crippen LogP contribution in [-0.4, -0.2) is 26.4 Å². The van der Waals surface area contributed by atoms with Crippen molar-refractivity contribution in [1.82, 2.24) is 19.9 Å².